The second-order valence-corrected chi connectivity index (χ2v) is 11.0. The molecular formula is C27H22BrClN2O8S. The summed E-state index contributed by atoms with van der Waals surface area (Å²) in [6, 6.07) is 13.6. The fraction of sp³-hybridized carbons (Fsp3) is 0.148. The maximum atomic E-state index is 13.3. The maximum Gasteiger partial charge on any atom is 0.339 e. The number of nitrogens with one attached hydrogen (secondary N) is 1. The van der Waals surface area contributed by atoms with E-state index in [1.54, 1.807) is 19.1 Å². The summed E-state index contributed by atoms with van der Waals surface area (Å²) in [6.45, 7) is 4.11. The van der Waals surface area contributed by atoms with E-state index in [0.29, 0.717) is 22.9 Å². The lowest BCUT2D eigenvalue weighted by Gasteiger charge is -2.26. The lowest BCUT2D eigenvalue weighted by Crippen LogP contribution is -2.54. The molecule has 208 valence electrons. The molecule has 0 unspecified atom stereocenters. The average Bonchev–Trinajstić information content (AvgIpc) is 2.90. The Labute approximate surface area is 243 Å². The lowest BCUT2D eigenvalue weighted by atomic mass is 10.1. The van der Waals surface area contributed by atoms with E-state index >= 15 is 0 Å². The highest BCUT2D eigenvalue weighted by atomic mass is 79.9. The number of benzene rings is 3. The van der Waals surface area contributed by atoms with Gasteiger partial charge < -0.3 is 13.7 Å². The first-order valence-corrected chi connectivity index (χ1v) is 14.4. The molecule has 0 saturated carbocycles. The summed E-state index contributed by atoms with van der Waals surface area (Å²) in [5.74, 6) is -1.29. The number of ether oxygens (including phenoxy) is 2. The van der Waals surface area contributed by atoms with Gasteiger partial charge in [-0.15, -0.1) is 0 Å². The molecule has 3 aromatic carbocycles. The number of barbiturate groups is 1. The van der Waals surface area contributed by atoms with E-state index in [9.17, 15) is 22.8 Å². The summed E-state index contributed by atoms with van der Waals surface area (Å²) in [7, 11) is -4.26. The molecule has 1 fully saturated rings. The molecule has 13 heteroatoms. The van der Waals surface area contributed by atoms with Crippen molar-refractivity contribution in [1.29, 1.82) is 0 Å². The van der Waals surface area contributed by atoms with Crippen LogP contribution in [0.15, 0.2) is 75.6 Å². The topological polar surface area (TPSA) is 128 Å². The molecule has 0 radical (unpaired) electrons. The molecule has 1 heterocycles. The third kappa shape index (κ3) is 6.30. The first-order valence-electron chi connectivity index (χ1n) is 11.8. The van der Waals surface area contributed by atoms with Gasteiger partial charge in [-0.2, -0.15) is 8.42 Å². The lowest BCUT2D eigenvalue weighted by molar-refractivity contribution is -0.122. The van der Waals surface area contributed by atoms with Crippen molar-refractivity contribution in [3.63, 3.8) is 0 Å². The number of hydrogen-bond acceptors (Lipinski definition) is 8. The molecule has 1 aliphatic rings. The number of amides is 4. The molecule has 4 amide bonds. The maximum absolute atomic E-state index is 13.3. The number of carbonyl (C=O) groups excluding carboxylic acids is 3. The van der Waals surface area contributed by atoms with Gasteiger partial charge in [0.15, 0.2) is 11.5 Å². The molecule has 1 saturated heterocycles. The van der Waals surface area contributed by atoms with Crippen LogP contribution in [-0.2, 0) is 19.7 Å². The zero-order chi connectivity index (χ0) is 29.0. The van der Waals surface area contributed by atoms with Crippen molar-refractivity contribution < 1.29 is 36.5 Å². The van der Waals surface area contributed by atoms with Crippen LogP contribution in [-0.4, -0.2) is 39.5 Å². The van der Waals surface area contributed by atoms with Gasteiger partial charge in [-0.05, 0) is 102 Å². The number of carbonyl (C=O) groups is 3. The van der Waals surface area contributed by atoms with E-state index in [4.69, 9.17) is 25.3 Å². The van der Waals surface area contributed by atoms with E-state index < -0.39 is 28.0 Å². The third-order valence-electron chi connectivity index (χ3n) is 5.45. The monoisotopic (exact) mass is 648 g/mol. The van der Waals surface area contributed by atoms with Crippen molar-refractivity contribution in [2.75, 3.05) is 18.1 Å². The van der Waals surface area contributed by atoms with Gasteiger partial charge in [-0.1, -0.05) is 11.6 Å². The predicted molar refractivity (Wildman–Crippen MR) is 151 cm³/mol. The number of imide groups is 2. The van der Waals surface area contributed by atoms with Gasteiger partial charge in [0.1, 0.15) is 16.2 Å². The summed E-state index contributed by atoms with van der Waals surface area (Å²) in [6.07, 6.45) is 1.26. The number of nitrogens with zero attached hydrogens (tertiary/aromatic N) is 1. The first kappa shape index (κ1) is 29.1. The number of anilines is 1. The standard InChI is InChI=1S/C27H22BrClN2O8S/c1-3-37-19-9-7-18(8-10-19)31-26(33)21(25(32)30-27(31)34)13-16-14-22(28)24(23(15-16)38-4-2)39-40(35,36)20-11-5-17(29)6-12-20/h5-15H,3-4H2,1-2H3,(H,30,32,34)/b21-13+. The summed E-state index contributed by atoms with van der Waals surface area (Å²) in [4.78, 5) is 39.2. The Balaban J connectivity index is 1.69. The third-order valence-corrected chi connectivity index (χ3v) is 7.52. The van der Waals surface area contributed by atoms with Crippen LogP contribution < -0.4 is 23.9 Å². The Morgan fingerprint density at radius 3 is 2.23 bits per heavy atom. The summed E-state index contributed by atoms with van der Waals surface area (Å²) >= 11 is 9.15. The molecule has 0 bridgehead atoms. The normalized spacial score (nSPS) is 14.8. The second kappa shape index (κ2) is 12.1. The van der Waals surface area contributed by atoms with Gasteiger partial charge in [0.25, 0.3) is 11.8 Å². The minimum Gasteiger partial charge on any atom is -0.494 e. The molecule has 40 heavy (non-hydrogen) atoms. The zero-order valence-corrected chi connectivity index (χ0v) is 24.3. The van der Waals surface area contributed by atoms with E-state index in [0.717, 1.165) is 4.90 Å². The van der Waals surface area contributed by atoms with Gasteiger partial charge in [0.05, 0.1) is 23.4 Å². The molecule has 1 aliphatic heterocycles. The van der Waals surface area contributed by atoms with Crippen LogP contribution >= 0.6 is 27.5 Å². The van der Waals surface area contributed by atoms with Crippen LogP contribution in [0.3, 0.4) is 0 Å². The SMILES string of the molecule is CCOc1ccc(N2C(=O)NC(=O)/C(=C\c3cc(Br)c(OS(=O)(=O)c4ccc(Cl)cc4)c(OCC)c3)C2=O)cc1. The van der Waals surface area contributed by atoms with Crippen LogP contribution in [0.4, 0.5) is 10.5 Å². The molecular weight excluding hydrogens is 628 g/mol. The van der Waals surface area contributed by atoms with Crippen LogP contribution in [0.2, 0.25) is 5.02 Å². The van der Waals surface area contributed by atoms with Crippen molar-refractivity contribution >= 4 is 67.3 Å². The van der Waals surface area contributed by atoms with Crippen LogP contribution in [0.5, 0.6) is 17.2 Å². The molecule has 1 N–H and O–H groups in total. The average molecular weight is 650 g/mol. The Bertz CT molecular complexity index is 1610. The van der Waals surface area contributed by atoms with Crippen molar-refractivity contribution in [3.8, 4) is 17.2 Å². The Kier molecular flexibility index (Phi) is 8.82. The highest BCUT2D eigenvalue weighted by molar-refractivity contribution is 9.10. The van der Waals surface area contributed by atoms with Crippen molar-refractivity contribution in [2.24, 2.45) is 0 Å². The van der Waals surface area contributed by atoms with Gasteiger partial charge in [-0.3, -0.25) is 14.9 Å². The fourth-order valence-electron chi connectivity index (χ4n) is 3.69. The highest BCUT2D eigenvalue weighted by Crippen LogP contribution is 2.39. The van der Waals surface area contributed by atoms with Crippen LogP contribution in [0.25, 0.3) is 6.08 Å². The van der Waals surface area contributed by atoms with E-state index in [1.165, 1.54) is 54.6 Å². The summed E-state index contributed by atoms with van der Waals surface area (Å²) in [5.41, 5.74) is 0.202. The number of hydrogen-bond donors (Lipinski definition) is 1. The van der Waals surface area contributed by atoms with Gasteiger partial charge in [-0.25, -0.2) is 9.69 Å². The molecule has 3 aromatic rings. The summed E-state index contributed by atoms with van der Waals surface area (Å²) in [5, 5.41) is 2.52. The second-order valence-electron chi connectivity index (χ2n) is 8.14. The van der Waals surface area contributed by atoms with Crippen molar-refractivity contribution in [1.82, 2.24) is 5.32 Å². The number of halogens is 2. The molecule has 0 atom stereocenters. The van der Waals surface area contributed by atoms with Crippen molar-refractivity contribution in [3.05, 3.63) is 81.3 Å². The number of rotatable bonds is 9. The predicted octanol–water partition coefficient (Wildman–Crippen LogP) is 5.33. The number of urea groups is 1. The molecule has 4 rings (SSSR count). The Morgan fingerprint density at radius 1 is 0.950 bits per heavy atom. The molecule has 10 nitrogen and oxygen atoms in total. The Morgan fingerprint density at radius 2 is 1.60 bits per heavy atom. The van der Waals surface area contributed by atoms with Crippen LogP contribution in [0.1, 0.15) is 19.4 Å². The van der Waals surface area contributed by atoms with E-state index in [2.05, 4.69) is 21.2 Å². The smallest absolute Gasteiger partial charge is 0.339 e. The van der Waals surface area contributed by atoms with E-state index in [-0.39, 0.29) is 38.7 Å². The molecule has 0 spiro atoms. The minimum absolute atomic E-state index is 0.0318. The van der Waals surface area contributed by atoms with E-state index in [1.807, 2.05) is 6.92 Å². The molecule has 0 aromatic heterocycles. The van der Waals surface area contributed by atoms with Gasteiger partial charge in [0.2, 0.25) is 0 Å². The quantitative estimate of drug-likeness (QED) is 0.187. The minimum atomic E-state index is -4.26. The van der Waals surface area contributed by atoms with Crippen molar-refractivity contribution in [2.45, 2.75) is 18.7 Å². The van der Waals surface area contributed by atoms with Gasteiger partial charge in [0, 0.05) is 5.02 Å². The zero-order valence-electron chi connectivity index (χ0n) is 21.1. The molecule has 0 aliphatic carbocycles. The van der Waals surface area contributed by atoms with Gasteiger partial charge >= 0.3 is 16.1 Å². The highest BCUT2D eigenvalue weighted by Gasteiger charge is 2.37. The van der Waals surface area contributed by atoms with Crippen LogP contribution in [0, 0.1) is 0 Å². The fourth-order valence-corrected chi connectivity index (χ4v) is 5.42. The summed E-state index contributed by atoms with van der Waals surface area (Å²) < 4.78 is 42.3. The Hall–Kier alpha value is -3.87. The largest absolute Gasteiger partial charge is 0.494 e. The first-order chi connectivity index (χ1) is 19.0.